The van der Waals surface area contributed by atoms with E-state index >= 15 is 0 Å². The largest absolute Gasteiger partial charge is 0.416 e. The molecule has 0 spiro atoms. The molecule has 0 aliphatic rings. The minimum absolute atomic E-state index is 0.00845. The molecule has 0 saturated carbocycles. The molecule has 0 fully saturated rings. The number of hydrogen-bond acceptors (Lipinski definition) is 4. The molecular formula is C12H6ClF3N4OS. The zero-order valence-corrected chi connectivity index (χ0v) is 12.2. The quantitative estimate of drug-likeness (QED) is 0.715. The maximum Gasteiger partial charge on any atom is 0.416 e. The highest BCUT2D eigenvalue weighted by Gasteiger charge is 2.31. The smallest absolute Gasteiger partial charge is 0.247 e. The molecule has 114 valence electrons. The van der Waals surface area contributed by atoms with Crippen molar-refractivity contribution in [3.63, 3.8) is 0 Å². The summed E-state index contributed by atoms with van der Waals surface area (Å²) in [6, 6.07) is 7.15. The van der Waals surface area contributed by atoms with E-state index in [0.29, 0.717) is 5.65 Å². The Hall–Kier alpha value is -2.00. The monoisotopic (exact) mass is 346 g/mol. The molecule has 3 rings (SSSR count). The molecule has 10 heteroatoms. The first-order valence-corrected chi connectivity index (χ1v) is 7.36. The molecule has 2 heterocycles. The number of aromatic nitrogens is 4. The minimum Gasteiger partial charge on any atom is -0.247 e. The van der Waals surface area contributed by atoms with E-state index in [1.54, 1.807) is 0 Å². The van der Waals surface area contributed by atoms with E-state index in [2.05, 4.69) is 15.3 Å². The summed E-state index contributed by atoms with van der Waals surface area (Å²) in [4.78, 5) is -0.00845. The summed E-state index contributed by atoms with van der Waals surface area (Å²) in [5, 5.41) is 11.3. The average molecular weight is 347 g/mol. The van der Waals surface area contributed by atoms with Crippen molar-refractivity contribution >= 4 is 28.0 Å². The molecule has 0 aliphatic heterocycles. The molecule has 0 aliphatic carbocycles. The molecule has 2 aromatic heterocycles. The first-order valence-electron chi connectivity index (χ1n) is 5.83. The molecule has 1 unspecified atom stereocenters. The van der Waals surface area contributed by atoms with Gasteiger partial charge in [-0.2, -0.15) is 22.8 Å². The van der Waals surface area contributed by atoms with E-state index in [9.17, 15) is 17.4 Å². The Labute approximate surface area is 129 Å². The minimum atomic E-state index is -4.50. The highest BCUT2D eigenvalue weighted by molar-refractivity contribution is 7.85. The van der Waals surface area contributed by atoms with Crippen molar-refractivity contribution in [2.24, 2.45) is 0 Å². The van der Waals surface area contributed by atoms with Gasteiger partial charge < -0.3 is 0 Å². The van der Waals surface area contributed by atoms with Crippen LogP contribution in [0.25, 0.3) is 5.65 Å². The molecule has 3 aromatic rings. The predicted octanol–water partition coefficient (Wildman–Crippen LogP) is 2.96. The Balaban J connectivity index is 2.04. The Morgan fingerprint density at radius 3 is 2.64 bits per heavy atom. The van der Waals surface area contributed by atoms with Crippen LogP contribution in [0.1, 0.15) is 5.56 Å². The fourth-order valence-electron chi connectivity index (χ4n) is 1.75. The number of rotatable bonds is 2. The van der Waals surface area contributed by atoms with Gasteiger partial charge in [-0.05, 0) is 41.9 Å². The van der Waals surface area contributed by atoms with Crippen molar-refractivity contribution in [3.8, 4) is 0 Å². The summed E-state index contributed by atoms with van der Waals surface area (Å²) < 4.78 is 51.6. The van der Waals surface area contributed by atoms with Gasteiger partial charge in [-0.15, -0.1) is 10.2 Å². The van der Waals surface area contributed by atoms with Crippen LogP contribution in [0.4, 0.5) is 13.2 Å². The first-order chi connectivity index (χ1) is 10.4. The van der Waals surface area contributed by atoms with Crippen molar-refractivity contribution in [1.29, 1.82) is 0 Å². The van der Waals surface area contributed by atoms with Gasteiger partial charge in [0.15, 0.2) is 10.7 Å². The molecule has 0 amide bonds. The lowest BCUT2D eigenvalue weighted by Gasteiger charge is -2.08. The van der Waals surface area contributed by atoms with E-state index in [4.69, 9.17) is 11.6 Å². The van der Waals surface area contributed by atoms with Gasteiger partial charge in [0.25, 0.3) is 0 Å². The molecule has 5 nitrogen and oxygen atoms in total. The number of alkyl halides is 3. The van der Waals surface area contributed by atoms with E-state index < -0.39 is 22.5 Å². The van der Waals surface area contributed by atoms with Crippen molar-refractivity contribution < 1.29 is 17.4 Å². The fraction of sp³-hybridized carbons (Fsp3) is 0.0833. The van der Waals surface area contributed by atoms with Crippen LogP contribution in [0.15, 0.2) is 46.3 Å². The number of hydrogen-bond donors (Lipinski definition) is 0. The van der Waals surface area contributed by atoms with Crippen LogP contribution in [-0.4, -0.2) is 24.0 Å². The van der Waals surface area contributed by atoms with Crippen LogP contribution in [0, 0.1) is 0 Å². The topological polar surface area (TPSA) is 60.2 Å². The summed E-state index contributed by atoms with van der Waals surface area (Å²) in [7, 11) is -1.89. The number of fused-ring (bicyclic) bond motifs is 1. The molecule has 0 radical (unpaired) electrons. The zero-order chi connectivity index (χ0) is 15.9. The van der Waals surface area contributed by atoms with Gasteiger partial charge in [0.2, 0.25) is 5.28 Å². The lowest BCUT2D eigenvalue weighted by molar-refractivity contribution is -0.137. The number of halogens is 4. The molecule has 1 aromatic carbocycles. The Morgan fingerprint density at radius 2 is 1.91 bits per heavy atom. The standard InChI is InChI=1S/C12H6ClF3N4OS/c13-11-18-17-9-4-5-10(19-20(9)11)22(21)8-3-1-2-7(6-8)12(14,15)16/h1-6H. The molecule has 0 saturated heterocycles. The van der Waals surface area contributed by atoms with Crippen molar-refractivity contribution in [2.75, 3.05) is 0 Å². The van der Waals surface area contributed by atoms with Gasteiger partial charge >= 0.3 is 6.18 Å². The first kappa shape index (κ1) is 14.9. The second kappa shape index (κ2) is 5.33. The molecule has 0 bridgehead atoms. The average Bonchev–Trinajstić information content (AvgIpc) is 2.87. The van der Waals surface area contributed by atoms with Crippen LogP contribution in [-0.2, 0) is 17.0 Å². The van der Waals surface area contributed by atoms with Gasteiger partial charge in [0.1, 0.15) is 10.8 Å². The van der Waals surface area contributed by atoms with E-state index in [-0.39, 0.29) is 15.2 Å². The third-order valence-electron chi connectivity index (χ3n) is 2.77. The van der Waals surface area contributed by atoms with Crippen molar-refractivity contribution in [3.05, 3.63) is 47.2 Å². The Bertz CT molecular complexity index is 880. The highest BCUT2D eigenvalue weighted by atomic mass is 35.5. The SMILES string of the molecule is O=S(c1cccc(C(F)(F)F)c1)c1ccc2nnc(Cl)n2n1. The normalized spacial score (nSPS) is 13.5. The lowest BCUT2D eigenvalue weighted by Crippen LogP contribution is -2.07. The van der Waals surface area contributed by atoms with Crippen LogP contribution >= 0.6 is 11.6 Å². The number of nitrogens with zero attached hydrogens (tertiary/aromatic N) is 4. The summed E-state index contributed by atoms with van der Waals surface area (Å²) in [6.07, 6.45) is -4.50. The maximum atomic E-state index is 12.7. The summed E-state index contributed by atoms with van der Waals surface area (Å²) in [5.74, 6) is 0. The van der Waals surface area contributed by atoms with Crippen molar-refractivity contribution in [1.82, 2.24) is 19.8 Å². The summed E-state index contributed by atoms with van der Waals surface area (Å²) in [6.45, 7) is 0. The summed E-state index contributed by atoms with van der Waals surface area (Å²) >= 11 is 5.76. The highest BCUT2D eigenvalue weighted by Crippen LogP contribution is 2.30. The van der Waals surface area contributed by atoms with Crippen LogP contribution < -0.4 is 0 Å². The predicted molar refractivity (Wildman–Crippen MR) is 71.9 cm³/mol. The zero-order valence-electron chi connectivity index (χ0n) is 10.6. The molecule has 1 atom stereocenters. The Kier molecular flexibility index (Phi) is 3.61. The maximum absolute atomic E-state index is 12.7. The third-order valence-corrected chi connectivity index (χ3v) is 4.28. The van der Waals surface area contributed by atoms with Gasteiger partial charge in [-0.25, -0.2) is 4.21 Å². The fourth-order valence-corrected chi connectivity index (χ4v) is 2.94. The van der Waals surface area contributed by atoms with Crippen LogP contribution in [0.2, 0.25) is 5.28 Å². The van der Waals surface area contributed by atoms with E-state index in [1.165, 1.54) is 24.3 Å². The van der Waals surface area contributed by atoms with Gasteiger partial charge in [0, 0.05) is 4.90 Å². The lowest BCUT2D eigenvalue weighted by atomic mass is 10.2. The molecular weight excluding hydrogens is 341 g/mol. The second-order valence-corrected chi connectivity index (χ2v) is 5.97. The van der Waals surface area contributed by atoms with Gasteiger partial charge in [0.05, 0.1) is 5.56 Å². The molecule has 0 N–H and O–H groups in total. The van der Waals surface area contributed by atoms with Crippen LogP contribution in [0.3, 0.4) is 0 Å². The van der Waals surface area contributed by atoms with Crippen molar-refractivity contribution in [2.45, 2.75) is 16.1 Å². The van der Waals surface area contributed by atoms with Gasteiger partial charge in [-0.3, -0.25) is 0 Å². The molecule has 22 heavy (non-hydrogen) atoms. The van der Waals surface area contributed by atoms with E-state index in [0.717, 1.165) is 16.6 Å². The van der Waals surface area contributed by atoms with Crippen LogP contribution in [0.5, 0.6) is 0 Å². The van der Waals surface area contributed by atoms with Gasteiger partial charge in [-0.1, -0.05) is 6.07 Å². The third kappa shape index (κ3) is 2.69. The van der Waals surface area contributed by atoms with E-state index in [1.807, 2.05) is 0 Å². The summed E-state index contributed by atoms with van der Waals surface area (Å²) in [5.41, 5.74) is -0.531. The number of benzene rings is 1. The second-order valence-electron chi connectivity index (χ2n) is 4.20. The Morgan fingerprint density at radius 1 is 1.14 bits per heavy atom.